The molecule has 1 aliphatic heterocycles. The van der Waals surface area contributed by atoms with Gasteiger partial charge in [-0.05, 0) is 26.1 Å². The molecular formula is C17H22N4O. The maximum atomic E-state index is 5.86. The zero-order valence-corrected chi connectivity index (χ0v) is 13.2. The molecule has 2 heterocycles. The molecule has 1 aliphatic rings. The fourth-order valence-corrected chi connectivity index (χ4v) is 2.69. The largest absolute Gasteiger partial charge is 0.486 e. The van der Waals surface area contributed by atoms with Crippen molar-refractivity contribution in [3.63, 3.8) is 0 Å². The highest BCUT2D eigenvalue weighted by Crippen LogP contribution is 2.20. The van der Waals surface area contributed by atoms with Gasteiger partial charge in [-0.1, -0.05) is 17.7 Å². The van der Waals surface area contributed by atoms with E-state index in [4.69, 9.17) is 10.5 Å². The summed E-state index contributed by atoms with van der Waals surface area (Å²) in [5.41, 5.74) is 10.3. The molecule has 0 saturated heterocycles. The van der Waals surface area contributed by atoms with Gasteiger partial charge in [-0.2, -0.15) is 0 Å². The van der Waals surface area contributed by atoms with Crippen molar-refractivity contribution in [2.75, 3.05) is 13.6 Å². The van der Waals surface area contributed by atoms with Crippen LogP contribution in [0.2, 0.25) is 0 Å². The normalized spacial score (nSPS) is 14.7. The highest BCUT2D eigenvalue weighted by atomic mass is 16.5. The second-order valence-corrected chi connectivity index (χ2v) is 5.81. The number of ether oxygens (including phenoxy) is 1. The molecule has 2 N–H and O–H groups in total. The molecule has 0 unspecified atom stereocenters. The molecule has 22 heavy (non-hydrogen) atoms. The lowest BCUT2D eigenvalue weighted by molar-refractivity contribution is 0.287. The van der Waals surface area contributed by atoms with E-state index in [1.165, 1.54) is 11.1 Å². The summed E-state index contributed by atoms with van der Waals surface area (Å²) in [5, 5.41) is 0. The second kappa shape index (κ2) is 6.42. The molecule has 0 fully saturated rings. The van der Waals surface area contributed by atoms with Crippen LogP contribution in [0.1, 0.15) is 28.3 Å². The first-order valence-corrected chi connectivity index (χ1v) is 7.61. The van der Waals surface area contributed by atoms with Gasteiger partial charge in [-0.15, -0.1) is 0 Å². The average molecular weight is 298 g/mol. The number of hydrogen-bond donors (Lipinski definition) is 1. The first-order chi connectivity index (χ1) is 10.7. The van der Waals surface area contributed by atoms with Crippen molar-refractivity contribution in [3.8, 4) is 5.75 Å². The van der Waals surface area contributed by atoms with Gasteiger partial charge < -0.3 is 15.4 Å². The van der Waals surface area contributed by atoms with E-state index in [0.29, 0.717) is 19.0 Å². The van der Waals surface area contributed by atoms with E-state index in [0.717, 1.165) is 36.6 Å². The molecule has 3 rings (SSSR count). The summed E-state index contributed by atoms with van der Waals surface area (Å²) in [7, 11) is 2.11. The van der Waals surface area contributed by atoms with Crippen molar-refractivity contribution in [2.45, 2.75) is 33.0 Å². The van der Waals surface area contributed by atoms with E-state index < -0.39 is 0 Å². The van der Waals surface area contributed by atoms with E-state index in [1.54, 1.807) is 0 Å². The Bertz CT molecular complexity index is 637. The summed E-state index contributed by atoms with van der Waals surface area (Å²) in [6.07, 6.45) is 0.943. The van der Waals surface area contributed by atoms with E-state index >= 15 is 0 Å². The molecule has 0 bridgehead atoms. The van der Waals surface area contributed by atoms with E-state index in [-0.39, 0.29) is 0 Å². The summed E-state index contributed by atoms with van der Waals surface area (Å²) in [4.78, 5) is 11.5. The standard InChI is InChI=1S/C17H22N4O/c1-12-3-5-13(6-4-12)22-11-17-19-15-7-8-21(2)10-14(15)16(9-18)20-17/h3-6H,7-11,18H2,1-2H3. The minimum Gasteiger partial charge on any atom is -0.486 e. The number of fused-ring (bicyclic) bond motifs is 1. The molecule has 2 aromatic rings. The summed E-state index contributed by atoms with van der Waals surface area (Å²) in [6, 6.07) is 7.99. The lowest BCUT2D eigenvalue weighted by atomic mass is 10.0. The van der Waals surface area contributed by atoms with E-state index in [2.05, 4.69) is 28.8 Å². The minimum absolute atomic E-state index is 0.374. The van der Waals surface area contributed by atoms with Crippen LogP contribution in [-0.4, -0.2) is 28.5 Å². The lowest BCUT2D eigenvalue weighted by Crippen LogP contribution is -2.30. The molecule has 116 valence electrons. The second-order valence-electron chi connectivity index (χ2n) is 5.81. The number of aromatic nitrogens is 2. The van der Waals surface area contributed by atoms with Crippen molar-refractivity contribution >= 4 is 0 Å². The molecule has 5 nitrogen and oxygen atoms in total. The molecule has 0 atom stereocenters. The average Bonchev–Trinajstić information content (AvgIpc) is 2.53. The number of benzene rings is 1. The van der Waals surface area contributed by atoms with Gasteiger partial charge in [0.15, 0.2) is 5.82 Å². The molecule has 0 spiro atoms. The van der Waals surface area contributed by atoms with Crippen LogP contribution < -0.4 is 10.5 Å². The maximum Gasteiger partial charge on any atom is 0.166 e. The van der Waals surface area contributed by atoms with Crippen LogP contribution in [0.4, 0.5) is 0 Å². The third-order valence-electron chi connectivity index (χ3n) is 3.97. The van der Waals surface area contributed by atoms with E-state index in [9.17, 15) is 0 Å². The van der Waals surface area contributed by atoms with Crippen molar-refractivity contribution in [1.82, 2.24) is 14.9 Å². The number of hydrogen-bond acceptors (Lipinski definition) is 5. The van der Waals surface area contributed by atoms with Crippen LogP contribution in [-0.2, 0) is 26.1 Å². The molecule has 0 radical (unpaired) electrons. The molecule has 0 saturated carbocycles. The quantitative estimate of drug-likeness (QED) is 0.932. The van der Waals surface area contributed by atoms with Gasteiger partial charge in [0.2, 0.25) is 0 Å². The summed E-state index contributed by atoms with van der Waals surface area (Å²) in [5.74, 6) is 1.55. The number of nitrogens with two attached hydrogens (primary N) is 1. The molecule has 0 aliphatic carbocycles. The third kappa shape index (κ3) is 3.26. The van der Waals surface area contributed by atoms with Crippen LogP contribution in [0.25, 0.3) is 0 Å². The topological polar surface area (TPSA) is 64.3 Å². The Kier molecular flexibility index (Phi) is 4.36. The van der Waals surface area contributed by atoms with Gasteiger partial charge >= 0.3 is 0 Å². The third-order valence-corrected chi connectivity index (χ3v) is 3.97. The van der Waals surface area contributed by atoms with Crippen LogP contribution in [0.3, 0.4) is 0 Å². The Morgan fingerprint density at radius 3 is 2.73 bits per heavy atom. The Labute approximate surface area is 131 Å². The van der Waals surface area contributed by atoms with Crippen molar-refractivity contribution in [2.24, 2.45) is 5.73 Å². The Hall–Kier alpha value is -1.98. The van der Waals surface area contributed by atoms with Crippen molar-refractivity contribution in [1.29, 1.82) is 0 Å². The number of nitrogens with zero attached hydrogens (tertiary/aromatic N) is 3. The highest BCUT2D eigenvalue weighted by molar-refractivity contribution is 5.29. The minimum atomic E-state index is 0.374. The molecular weight excluding hydrogens is 276 g/mol. The van der Waals surface area contributed by atoms with Crippen LogP contribution in [0.5, 0.6) is 5.75 Å². The highest BCUT2D eigenvalue weighted by Gasteiger charge is 2.19. The predicted molar refractivity (Wildman–Crippen MR) is 85.5 cm³/mol. The van der Waals surface area contributed by atoms with Crippen LogP contribution in [0.15, 0.2) is 24.3 Å². The number of likely N-dealkylation sites (N-methyl/N-ethyl adjacent to an activating group) is 1. The predicted octanol–water partition coefficient (Wildman–Crippen LogP) is 1.81. The first kappa shape index (κ1) is 14.9. The zero-order chi connectivity index (χ0) is 15.5. The van der Waals surface area contributed by atoms with Gasteiger partial charge in [0, 0.05) is 31.6 Å². The smallest absolute Gasteiger partial charge is 0.166 e. The summed E-state index contributed by atoms with van der Waals surface area (Å²) in [6.45, 7) is 4.77. The number of aryl methyl sites for hydroxylation is 1. The monoisotopic (exact) mass is 298 g/mol. The summed E-state index contributed by atoms with van der Waals surface area (Å²) < 4.78 is 5.78. The van der Waals surface area contributed by atoms with Crippen LogP contribution in [0, 0.1) is 6.92 Å². The zero-order valence-electron chi connectivity index (χ0n) is 13.2. The van der Waals surface area contributed by atoms with Gasteiger partial charge in [-0.3, -0.25) is 0 Å². The summed E-state index contributed by atoms with van der Waals surface area (Å²) >= 11 is 0. The molecule has 0 amide bonds. The fourth-order valence-electron chi connectivity index (χ4n) is 2.69. The SMILES string of the molecule is Cc1ccc(OCc2nc(CN)c3c(n2)CCN(C)C3)cc1. The van der Waals surface area contributed by atoms with Gasteiger partial charge in [-0.25, -0.2) is 9.97 Å². The van der Waals surface area contributed by atoms with Gasteiger partial charge in [0.25, 0.3) is 0 Å². The first-order valence-electron chi connectivity index (χ1n) is 7.61. The molecule has 1 aromatic heterocycles. The van der Waals surface area contributed by atoms with Gasteiger partial charge in [0.1, 0.15) is 12.4 Å². The number of rotatable bonds is 4. The lowest BCUT2D eigenvalue weighted by Gasteiger charge is -2.26. The van der Waals surface area contributed by atoms with E-state index in [1.807, 2.05) is 24.3 Å². The Morgan fingerprint density at radius 1 is 1.23 bits per heavy atom. The molecule has 1 aromatic carbocycles. The van der Waals surface area contributed by atoms with Crippen LogP contribution >= 0.6 is 0 Å². The Balaban J connectivity index is 1.78. The fraction of sp³-hybridized carbons (Fsp3) is 0.412. The Morgan fingerprint density at radius 2 is 2.00 bits per heavy atom. The maximum absolute atomic E-state index is 5.86. The van der Waals surface area contributed by atoms with Crippen molar-refractivity contribution < 1.29 is 4.74 Å². The van der Waals surface area contributed by atoms with Crippen molar-refractivity contribution in [3.05, 3.63) is 52.6 Å². The molecule has 5 heteroatoms. The van der Waals surface area contributed by atoms with Gasteiger partial charge in [0.05, 0.1) is 11.4 Å².